The van der Waals surface area contributed by atoms with Crippen LogP contribution in [0.5, 0.6) is 0 Å². The fourth-order valence-corrected chi connectivity index (χ4v) is 1.09. The van der Waals surface area contributed by atoms with Gasteiger partial charge in [-0.2, -0.15) is 0 Å². The second-order valence-electron chi connectivity index (χ2n) is 2.99. The highest BCUT2D eigenvalue weighted by molar-refractivity contribution is 5.12. The van der Waals surface area contributed by atoms with Crippen molar-refractivity contribution in [1.82, 2.24) is 4.98 Å². The van der Waals surface area contributed by atoms with Gasteiger partial charge in [0.1, 0.15) is 0 Å². The first-order valence-electron chi connectivity index (χ1n) is 5.35. The van der Waals surface area contributed by atoms with Gasteiger partial charge in [-0.05, 0) is 37.8 Å². The first-order valence-corrected chi connectivity index (χ1v) is 5.35. The molecule has 14 heavy (non-hydrogen) atoms. The zero-order chi connectivity index (χ0) is 10.8. The highest BCUT2D eigenvalue weighted by Crippen LogP contribution is 2.03. The van der Waals surface area contributed by atoms with Crippen molar-refractivity contribution in [1.29, 1.82) is 0 Å². The molecule has 0 saturated heterocycles. The van der Waals surface area contributed by atoms with Crippen molar-refractivity contribution in [3.05, 3.63) is 29.6 Å². The third-order valence-electron chi connectivity index (χ3n) is 1.85. The molecule has 0 aliphatic heterocycles. The molecule has 1 rings (SSSR count). The summed E-state index contributed by atoms with van der Waals surface area (Å²) in [5, 5.41) is 8.57. The van der Waals surface area contributed by atoms with Crippen molar-refractivity contribution in [2.24, 2.45) is 0 Å². The van der Waals surface area contributed by atoms with Crippen molar-refractivity contribution in [2.75, 3.05) is 6.61 Å². The van der Waals surface area contributed by atoms with E-state index in [4.69, 9.17) is 5.11 Å². The van der Waals surface area contributed by atoms with Crippen LogP contribution in [0.3, 0.4) is 0 Å². The van der Waals surface area contributed by atoms with E-state index in [1.54, 1.807) is 0 Å². The van der Waals surface area contributed by atoms with Gasteiger partial charge in [-0.25, -0.2) is 0 Å². The molecule has 0 aromatic carbocycles. The molecule has 0 aliphatic rings. The number of nitrogens with zero attached hydrogens (tertiary/aromatic N) is 1. The van der Waals surface area contributed by atoms with E-state index in [0.717, 1.165) is 25.0 Å². The lowest BCUT2D eigenvalue weighted by Gasteiger charge is -1.99. The fraction of sp³-hybridized carbons (Fsp3) is 0.583. The van der Waals surface area contributed by atoms with Crippen LogP contribution in [0, 0.1) is 6.92 Å². The molecule has 0 radical (unpaired) electrons. The molecule has 1 heterocycles. The standard InChI is InChI=1S/C10H15NO.C2H6/c1-9-5-6-10(8-11-9)4-2-3-7-12;1-2/h5-6,8,12H,2-4,7H2,1H3;1-2H3. The highest BCUT2D eigenvalue weighted by Gasteiger charge is 1.92. The number of pyridine rings is 1. The van der Waals surface area contributed by atoms with E-state index in [-0.39, 0.29) is 0 Å². The Labute approximate surface area is 87.0 Å². The smallest absolute Gasteiger partial charge is 0.0431 e. The summed E-state index contributed by atoms with van der Waals surface area (Å²) in [5.41, 5.74) is 2.31. The average molecular weight is 195 g/mol. The Bertz CT molecular complexity index is 218. The predicted molar refractivity (Wildman–Crippen MR) is 60.3 cm³/mol. The predicted octanol–water partition coefficient (Wildman–Crippen LogP) is 2.73. The van der Waals surface area contributed by atoms with E-state index in [9.17, 15) is 0 Å². The van der Waals surface area contributed by atoms with Crippen molar-refractivity contribution in [3.8, 4) is 0 Å². The molecular formula is C12H21NO. The van der Waals surface area contributed by atoms with Crippen LogP contribution in [0.1, 0.15) is 37.9 Å². The molecule has 1 aromatic heterocycles. The summed E-state index contributed by atoms with van der Waals surface area (Å²) < 4.78 is 0. The zero-order valence-corrected chi connectivity index (χ0v) is 9.45. The molecule has 0 spiro atoms. The molecule has 0 aliphatic carbocycles. The van der Waals surface area contributed by atoms with Gasteiger partial charge in [-0.3, -0.25) is 4.98 Å². The van der Waals surface area contributed by atoms with Crippen molar-refractivity contribution in [2.45, 2.75) is 40.0 Å². The van der Waals surface area contributed by atoms with Crippen LogP contribution < -0.4 is 0 Å². The molecule has 80 valence electrons. The molecule has 0 atom stereocenters. The summed E-state index contributed by atoms with van der Waals surface area (Å²) in [4.78, 5) is 4.20. The molecule has 2 heteroatoms. The Balaban J connectivity index is 0.000000791. The van der Waals surface area contributed by atoms with Gasteiger partial charge in [0.2, 0.25) is 0 Å². The lowest BCUT2D eigenvalue weighted by atomic mass is 10.1. The van der Waals surface area contributed by atoms with Gasteiger partial charge in [-0.1, -0.05) is 19.9 Å². The van der Waals surface area contributed by atoms with Crippen LogP contribution in [0.4, 0.5) is 0 Å². The van der Waals surface area contributed by atoms with Crippen LogP contribution >= 0.6 is 0 Å². The maximum Gasteiger partial charge on any atom is 0.0431 e. The number of aliphatic hydroxyl groups is 1. The summed E-state index contributed by atoms with van der Waals surface area (Å²) in [6.45, 7) is 6.27. The number of rotatable bonds is 4. The maximum atomic E-state index is 8.57. The largest absolute Gasteiger partial charge is 0.396 e. The van der Waals surface area contributed by atoms with Gasteiger partial charge in [0.15, 0.2) is 0 Å². The molecular weight excluding hydrogens is 174 g/mol. The number of aromatic nitrogens is 1. The van der Waals surface area contributed by atoms with E-state index in [0.29, 0.717) is 6.61 Å². The van der Waals surface area contributed by atoms with Crippen molar-refractivity contribution in [3.63, 3.8) is 0 Å². The van der Waals surface area contributed by atoms with Crippen LogP contribution in [-0.2, 0) is 6.42 Å². The first-order chi connectivity index (χ1) is 6.83. The Hall–Kier alpha value is -0.890. The number of hydrogen-bond donors (Lipinski definition) is 1. The van der Waals surface area contributed by atoms with Crippen LogP contribution in [0.15, 0.2) is 18.3 Å². The quantitative estimate of drug-likeness (QED) is 0.749. The molecule has 0 unspecified atom stereocenters. The van der Waals surface area contributed by atoms with E-state index in [2.05, 4.69) is 11.1 Å². The Morgan fingerprint density at radius 2 is 1.93 bits per heavy atom. The minimum Gasteiger partial charge on any atom is -0.396 e. The Kier molecular flexibility index (Phi) is 8.14. The summed E-state index contributed by atoms with van der Waals surface area (Å²) in [6, 6.07) is 4.12. The zero-order valence-electron chi connectivity index (χ0n) is 9.45. The van der Waals surface area contributed by atoms with E-state index in [1.165, 1.54) is 5.56 Å². The topological polar surface area (TPSA) is 33.1 Å². The van der Waals surface area contributed by atoms with E-state index < -0.39 is 0 Å². The van der Waals surface area contributed by atoms with Crippen molar-refractivity contribution < 1.29 is 5.11 Å². The number of unbranched alkanes of at least 4 members (excludes halogenated alkanes) is 1. The first kappa shape index (κ1) is 13.1. The Morgan fingerprint density at radius 1 is 1.21 bits per heavy atom. The second-order valence-corrected chi connectivity index (χ2v) is 2.99. The number of hydrogen-bond acceptors (Lipinski definition) is 2. The molecule has 1 N–H and O–H groups in total. The molecule has 0 saturated carbocycles. The SMILES string of the molecule is CC.Cc1ccc(CCCCO)cn1. The van der Waals surface area contributed by atoms with E-state index >= 15 is 0 Å². The van der Waals surface area contributed by atoms with Crippen LogP contribution in [-0.4, -0.2) is 16.7 Å². The van der Waals surface area contributed by atoms with Crippen LogP contribution in [0.2, 0.25) is 0 Å². The van der Waals surface area contributed by atoms with E-state index in [1.807, 2.05) is 33.0 Å². The monoisotopic (exact) mass is 195 g/mol. The van der Waals surface area contributed by atoms with Gasteiger partial charge < -0.3 is 5.11 Å². The normalized spacial score (nSPS) is 9.14. The summed E-state index contributed by atoms with van der Waals surface area (Å²) in [6.07, 6.45) is 4.86. The van der Waals surface area contributed by atoms with Crippen LogP contribution in [0.25, 0.3) is 0 Å². The lowest BCUT2D eigenvalue weighted by molar-refractivity contribution is 0.284. The fourth-order valence-electron chi connectivity index (χ4n) is 1.09. The summed E-state index contributed by atoms with van der Waals surface area (Å²) in [7, 11) is 0. The van der Waals surface area contributed by atoms with Gasteiger partial charge >= 0.3 is 0 Å². The maximum absolute atomic E-state index is 8.57. The van der Waals surface area contributed by atoms with Gasteiger partial charge in [0.25, 0.3) is 0 Å². The molecule has 0 bridgehead atoms. The number of aryl methyl sites for hydroxylation is 2. The molecule has 0 fully saturated rings. The Morgan fingerprint density at radius 3 is 2.43 bits per heavy atom. The summed E-state index contributed by atoms with van der Waals surface area (Å²) >= 11 is 0. The van der Waals surface area contributed by atoms with Crippen molar-refractivity contribution >= 4 is 0 Å². The summed E-state index contributed by atoms with van der Waals surface area (Å²) in [5.74, 6) is 0. The highest BCUT2D eigenvalue weighted by atomic mass is 16.2. The second kappa shape index (κ2) is 8.70. The number of aliphatic hydroxyl groups excluding tert-OH is 1. The lowest BCUT2D eigenvalue weighted by Crippen LogP contribution is -1.90. The minimum atomic E-state index is 0.291. The van der Waals surface area contributed by atoms with Gasteiger partial charge in [0.05, 0.1) is 0 Å². The third kappa shape index (κ3) is 5.70. The third-order valence-corrected chi connectivity index (χ3v) is 1.85. The molecule has 2 nitrogen and oxygen atoms in total. The van der Waals surface area contributed by atoms with Gasteiger partial charge in [-0.15, -0.1) is 0 Å². The molecule has 0 amide bonds. The molecule has 1 aromatic rings. The average Bonchev–Trinajstić information content (AvgIpc) is 2.24. The van der Waals surface area contributed by atoms with Gasteiger partial charge in [0, 0.05) is 18.5 Å². The minimum absolute atomic E-state index is 0.291.